The van der Waals surface area contributed by atoms with E-state index in [9.17, 15) is 4.79 Å². The molecule has 3 rings (SSSR count). The normalized spacial score (nSPS) is 10.6. The van der Waals surface area contributed by atoms with Crippen molar-refractivity contribution >= 4 is 28.3 Å². The van der Waals surface area contributed by atoms with Crippen LogP contribution in [0.15, 0.2) is 53.1 Å². The second kappa shape index (κ2) is 5.05. The first-order valence-corrected chi connectivity index (χ1v) is 6.21. The van der Waals surface area contributed by atoms with Crippen LogP contribution in [0.5, 0.6) is 0 Å². The van der Waals surface area contributed by atoms with Crippen LogP contribution < -0.4 is 11.1 Å². The molecule has 20 heavy (non-hydrogen) atoms. The summed E-state index contributed by atoms with van der Waals surface area (Å²) in [5.74, 6) is -0.145. The number of anilines is 2. The monoisotopic (exact) mass is 267 g/mol. The number of para-hydroxylation sites is 1. The molecule has 0 spiro atoms. The van der Waals surface area contributed by atoms with Crippen LogP contribution in [0.2, 0.25) is 0 Å². The van der Waals surface area contributed by atoms with E-state index in [1.165, 1.54) is 0 Å². The number of nitrogens with zero attached hydrogens (tertiary/aromatic N) is 1. The lowest BCUT2D eigenvalue weighted by atomic mass is 10.1. The Bertz CT molecular complexity index is 747. The van der Waals surface area contributed by atoms with E-state index in [1.54, 1.807) is 24.3 Å². The van der Waals surface area contributed by atoms with Crippen molar-refractivity contribution in [1.82, 2.24) is 5.16 Å². The molecule has 0 saturated carbocycles. The van der Waals surface area contributed by atoms with Gasteiger partial charge >= 0.3 is 0 Å². The summed E-state index contributed by atoms with van der Waals surface area (Å²) >= 11 is 0. The van der Waals surface area contributed by atoms with E-state index in [0.717, 1.165) is 5.39 Å². The molecule has 100 valence electrons. The number of rotatable bonds is 3. The van der Waals surface area contributed by atoms with Crippen molar-refractivity contribution in [2.75, 3.05) is 11.1 Å². The standard InChI is InChI=1S/C15H13N3O2/c16-10-5-7-11(8-6-10)17-15(19)9-13-12-3-1-2-4-14(12)20-18-13/h1-8H,9,16H2,(H,17,19). The van der Waals surface area contributed by atoms with Crippen molar-refractivity contribution in [2.45, 2.75) is 6.42 Å². The molecular weight excluding hydrogens is 254 g/mol. The van der Waals surface area contributed by atoms with E-state index >= 15 is 0 Å². The lowest BCUT2D eigenvalue weighted by molar-refractivity contribution is -0.115. The Balaban J connectivity index is 1.74. The highest BCUT2D eigenvalue weighted by atomic mass is 16.5. The molecule has 0 bridgehead atoms. The number of hydrogen-bond acceptors (Lipinski definition) is 4. The molecule has 1 heterocycles. The highest BCUT2D eigenvalue weighted by Crippen LogP contribution is 2.18. The summed E-state index contributed by atoms with van der Waals surface area (Å²) < 4.78 is 5.17. The number of carbonyl (C=O) groups is 1. The van der Waals surface area contributed by atoms with E-state index in [4.69, 9.17) is 10.3 Å². The number of fused-ring (bicyclic) bond motifs is 1. The second-order valence-corrected chi connectivity index (χ2v) is 4.47. The number of nitrogen functional groups attached to an aromatic ring is 1. The third-order valence-corrected chi connectivity index (χ3v) is 2.97. The predicted octanol–water partition coefficient (Wildman–Crippen LogP) is 2.59. The summed E-state index contributed by atoms with van der Waals surface area (Å²) in [5.41, 5.74) is 8.27. The molecule has 0 unspecified atom stereocenters. The van der Waals surface area contributed by atoms with Crippen LogP contribution in [-0.2, 0) is 11.2 Å². The summed E-state index contributed by atoms with van der Waals surface area (Å²) in [7, 11) is 0. The van der Waals surface area contributed by atoms with Gasteiger partial charge in [0.1, 0.15) is 5.69 Å². The Kier molecular flexibility index (Phi) is 3.09. The Morgan fingerprint density at radius 3 is 2.70 bits per heavy atom. The fraction of sp³-hybridized carbons (Fsp3) is 0.0667. The van der Waals surface area contributed by atoms with Gasteiger partial charge in [-0.2, -0.15) is 0 Å². The number of carbonyl (C=O) groups excluding carboxylic acids is 1. The van der Waals surface area contributed by atoms with E-state index < -0.39 is 0 Å². The first kappa shape index (κ1) is 12.2. The van der Waals surface area contributed by atoms with Crippen molar-refractivity contribution in [3.8, 4) is 0 Å². The van der Waals surface area contributed by atoms with Crippen LogP contribution in [0.3, 0.4) is 0 Å². The van der Waals surface area contributed by atoms with Crippen LogP contribution in [-0.4, -0.2) is 11.1 Å². The minimum Gasteiger partial charge on any atom is -0.399 e. The zero-order chi connectivity index (χ0) is 13.9. The van der Waals surface area contributed by atoms with Crippen LogP contribution in [0.4, 0.5) is 11.4 Å². The molecule has 0 atom stereocenters. The van der Waals surface area contributed by atoms with E-state index in [-0.39, 0.29) is 12.3 Å². The number of nitrogens with two attached hydrogens (primary N) is 1. The molecule has 2 aromatic carbocycles. The maximum Gasteiger partial charge on any atom is 0.230 e. The van der Waals surface area contributed by atoms with Gasteiger partial charge < -0.3 is 15.6 Å². The molecule has 0 aliphatic heterocycles. The first-order valence-electron chi connectivity index (χ1n) is 6.21. The molecule has 0 aliphatic rings. The summed E-state index contributed by atoms with van der Waals surface area (Å²) in [6, 6.07) is 14.5. The smallest absolute Gasteiger partial charge is 0.230 e. The zero-order valence-electron chi connectivity index (χ0n) is 10.7. The third kappa shape index (κ3) is 2.47. The van der Waals surface area contributed by atoms with Crippen LogP contribution in [0, 0.1) is 0 Å². The summed E-state index contributed by atoms with van der Waals surface area (Å²) in [6.07, 6.45) is 0.168. The molecular formula is C15H13N3O2. The lowest BCUT2D eigenvalue weighted by Crippen LogP contribution is -2.14. The molecule has 0 radical (unpaired) electrons. The minimum atomic E-state index is -0.145. The summed E-state index contributed by atoms with van der Waals surface area (Å²) in [6.45, 7) is 0. The topological polar surface area (TPSA) is 81.1 Å². The van der Waals surface area contributed by atoms with Crippen molar-refractivity contribution < 1.29 is 9.32 Å². The fourth-order valence-electron chi connectivity index (χ4n) is 1.99. The van der Waals surface area contributed by atoms with Gasteiger partial charge in [0.15, 0.2) is 5.58 Å². The summed E-state index contributed by atoms with van der Waals surface area (Å²) in [5, 5.41) is 7.59. The van der Waals surface area contributed by atoms with Crippen LogP contribution >= 0.6 is 0 Å². The van der Waals surface area contributed by atoms with Gasteiger partial charge in [-0.3, -0.25) is 4.79 Å². The van der Waals surface area contributed by atoms with Gasteiger partial charge in [-0.1, -0.05) is 17.3 Å². The van der Waals surface area contributed by atoms with Gasteiger partial charge in [-0.15, -0.1) is 0 Å². The number of benzene rings is 2. The number of aromatic nitrogens is 1. The van der Waals surface area contributed by atoms with Crippen molar-refractivity contribution in [3.63, 3.8) is 0 Å². The number of amides is 1. The van der Waals surface area contributed by atoms with Gasteiger partial charge in [-0.25, -0.2) is 0 Å². The zero-order valence-corrected chi connectivity index (χ0v) is 10.7. The molecule has 1 amide bonds. The third-order valence-electron chi connectivity index (χ3n) is 2.97. The molecule has 0 fully saturated rings. The molecule has 3 N–H and O–H groups in total. The highest BCUT2D eigenvalue weighted by Gasteiger charge is 2.12. The van der Waals surface area contributed by atoms with Gasteiger partial charge in [0, 0.05) is 16.8 Å². The van der Waals surface area contributed by atoms with E-state index in [2.05, 4.69) is 10.5 Å². The number of nitrogens with one attached hydrogen (secondary N) is 1. The van der Waals surface area contributed by atoms with Gasteiger partial charge in [0.2, 0.25) is 5.91 Å². The van der Waals surface area contributed by atoms with Crippen molar-refractivity contribution in [3.05, 3.63) is 54.2 Å². The van der Waals surface area contributed by atoms with E-state index in [0.29, 0.717) is 22.7 Å². The van der Waals surface area contributed by atoms with E-state index in [1.807, 2.05) is 24.3 Å². The van der Waals surface area contributed by atoms with Crippen molar-refractivity contribution in [1.29, 1.82) is 0 Å². The highest BCUT2D eigenvalue weighted by molar-refractivity contribution is 5.94. The second-order valence-electron chi connectivity index (χ2n) is 4.47. The average Bonchev–Trinajstić information content (AvgIpc) is 2.85. The molecule has 1 aromatic heterocycles. The largest absolute Gasteiger partial charge is 0.399 e. The minimum absolute atomic E-state index is 0.145. The lowest BCUT2D eigenvalue weighted by Gasteiger charge is -2.04. The van der Waals surface area contributed by atoms with Gasteiger partial charge in [0.05, 0.1) is 6.42 Å². The van der Waals surface area contributed by atoms with Crippen molar-refractivity contribution in [2.24, 2.45) is 0 Å². The number of hydrogen-bond donors (Lipinski definition) is 2. The first-order chi connectivity index (χ1) is 9.72. The fourth-order valence-corrected chi connectivity index (χ4v) is 1.99. The molecule has 3 aromatic rings. The Morgan fingerprint density at radius 2 is 1.90 bits per heavy atom. The summed E-state index contributed by atoms with van der Waals surface area (Å²) in [4.78, 5) is 12.0. The predicted molar refractivity (Wildman–Crippen MR) is 77.2 cm³/mol. The van der Waals surface area contributed by atoms with Crippen LogP contribution in [0.25, 0.3) is 11.0 Å². The Morgan fingerprint density at radius 1 is 1.15 bits per heavy atom. The molecule has 0 aliphatic carbocycles. The Labute approximate surface area is 115 Å². The molecule has 5 nitrogen and oxygen atoms in total. The van der Waals surface area contributed by atoms with Crippen LogP contribution in [0.1, 0.15) is 5.69 Å². The Hall–Kier alpha value is -2.82. The maximum atomic E-state index is 12.0. The average molecular weight is 267 g/mol. The van der Waals surface area contributed by atoms with Gasteiger partial charge in [0.25, 0.3) is 0 Å². The molecule has 0 saturated heterocycles. The SMILES string of the molecule is Nc1ccc(NC(=O)Cc2noc3ccccc23)cc1. The maximum absolute atomic E-state index is 12.0. The quantitative estimate of drug-likeness (QED) is 0.715. The van der Waals surface area contributed by atoms with Gasteiger partial charge in [-0.05, 0) is 36.4 Å². The molecule has 5 heteroatoms.